The lowest BCUT2D eigenvalue weighted by Gasteiger charge is -2.06. The van der Waals surface area contributed by atoms with Crippen LogP contribution in [0, 0.1) is 6.92 Å². The summed E-state index contributed by atoms with van der Waals surface area (Å²) in [5.41, 5.74) is 0.247. The van der Waals surface area contributed by atoms with E-state index >= 15 is 0 Å². The molecule has 1 aromatic heterocycles. The van der Waals surface area contributed by atoms with Crippen molar-refractivity contribution in [3.05, 3.63) is 17.6 Å². The average Bonchev–Trinajstić information content (AvgIpc) is 2.25. The first-order chi connectivity index (χ1) is 7.19. The van der Waals surface area contributed by atoms with Crippen LogP contribution in [0.4, 0.5) is 5.82 Å². The zero-order chi connectivity index (χ0) is 11.3. The molecule has 0 bridgehead atoms. The number of rotatable bonds is 4. The van der Waals surface area contributed by atoms with Crippen LogP contribution >= 0.6 is 0 Å². The lowest BCUT2D eigenvalue weighted by molar-refractivity contribution is -0.236. The van der Waals surface area contributed by atoms with Crippen molar-refractivity contribution in [3.8, 4) is 0 Å². The molecule has 1 rings (SSSR count). The summed E-state index contributed by atoms with van der Waals surface area (Å²) in [4.78, 5) is 28.4. The number of carbonyl (C=O) groups excluding carboxylic acids is 1. The minimum Gasteiger partial charge on any atom is -0.372 e. The molecule has 0 amide bonds. The summed E-state index contributed by atoms with van der Waals surface area (Å²) < 4.78 is 0. The van der Waals surface area contributed by atoms with Crippen LogP contribution in [0.5, 0.6) is 0 Å². The molecule has 6 heteroatoms. The highest BCUT2D eigenvalue weighted by molar-refractivity contribution is 5.93. The van der Waals surface area contributed by atoms with Crippen molar-refractivity contribution in [2.75, 3.05) is 19.0 Å². The molecule has 0 radical (unpaired) electrons. The second kappa shape index (κ2) is 5.26. The van der Waals surface area contributed by atoms with Gasteiger partial charge in [-0.25, -0.2) is 14.8 Å². The number of hydrogen-bond donors (Lipinski definition) is 1. The van der Waals surface area contributed by atoms with Gasteiger partial charge in [-0.1, -0.05) is 0 Å². The minimum absolute atomic E-state index is 0.247. The topological polar surface area (TPSA) is 73.3 Å². The first-order valence-corrected chi connectivity index (χ1v) is 4.54. The maximum absolute atomic E-state index is 11.4. The monoisotopic (exact) mass is 211 g/mol. The fraction of sp³-hybridized carbons (Fsp3) is 0.444. The number of anilines is 1. The SMILES string of the molecule is CCOOC(=O)c1cnc(C)nc1NC. The van der Waals surface area contributed by atoms with Crippen LogP contribution in [-0.4, -0.2) is 29.6 Å². The molecule has 15 heavy (non-hydrogen) atoms. The van der Waals surface area contributed by atoms with Gasteiger partial charge < -0.3 is 5.32 Å². The molecule has 0 aliphatic rings. The van der Waals surface area contributed by atoms with Gasteiger partial charge in [0.05, 0.1) is 6.61 Å². The van der Waals surface area contributed by atoms with Crippen LogP contribution in [0.2, 0.25) is 0 Å². The van der Waals surface area contributed by atoms with E-state index in [9.17, 15) is 4.79 Å². The molecule has 0 aliphatic heterocycles. The van der Waals surface area contributed by atoms with Crippen LogP contribution in [-0.2, 0) is 9.78 Å². The average molecular weight is 211 g/mol. The predicted molar refractivity (Wildman–Crippen MR) is 53.4 cm³/mol. The largest absolute Gasteiger partial charge is 0.378 e. The Morgan fingerprint density at radius 1 is 1.60 bits per heavy atom. The maximum atomic E-state index is 11.4. The smallest absolute Gasteiger partial charge is 0.372 e. The summed E-state index contributed by atoms with van der Waals surface area (Å²) in [6, 6.07) is 0. The van der Waals surface area contributed by atoms with Crippen molar-refractivity contribution < 1.29 is 14.6 Å². The molecular weight excluding hydrogens is 198 g/mol. The van der Waals surface area contributed by atoms with Gasteiger partial charge in [0.25, 0.3) is 0 Å². The molecule has 0 atom stereocenters. The highest BCUT2D eigenvalue weighted by Crippen LogP contribution is 2.12. The van der Waals surface area contributed by atoms with Gasteiger partial charge in [-0.2, -0.15) is 4.89 Å². The predicted octanol–water partition coefficient (Wildman–Crippen LogP) is 0.935. The normalized spacial score (nSPS) is 9.80. The van der Waals surface area contributed by atoms with E-state index in [0.717, 1.165) is 0 Å². The van der Waals surface area contributed by atoms with E-state index in [1.54, 1.807) is 20.9 Å². The number of carbonyl (C=O) groups is 1. The van der Waals surface area contributed by atoms with E-state index in [4.69, 9.17) is 0 Å². The molecule has 0 saturated heterocycles. The van der Waals surface area contributed by atoms with E-state index in [1.807, 2.05) is 0 Å². The first kappa shape index (κ1) is 11.4. The molecule has 0 spiro atoms. The Kier molecular flexibility index (Phi) is 3.99. The van der Waals surface area contributed by atoms with Crippen molar-refractivity contribution in [1.29, 1.82) is 0 Å². The zero-order valence-corrected chi connectivity index (χ0v) is 8.90. The van der Waals surface area contributed by atoms with Gasteiger partial charge in [-0.05, 0) is 13.8 Å². The summed E-state index contributed by atoms with van der Waals surface area (Å²) in [6.07, 6.45) is 1.40. The van der Waals surface area contributed by atoms with Crippen LogP contribution in [0.1, 0.15) is 23.1 Å². The molecular formula is C9H13N3O3. The maximum Gasteiger partial charge on any atom is 0.378 e. The fourth-order valence-electron chi connectivity index (χ4n) is 0.967. The van der Waals surface area contributed by atoms with E-state index < -0.39 is 5.97 Å². The third kappa shape index (κ3) is 2.88. The Labute approximate surface area is 87.6 Å². The van der Waals surface area contributed by atoms with E-state index in [2.05, 4.69) is 25.1 Å². The number of hydrogen-bond acceptors (Lipinski definition) is 6. The van der Waals surface area contributed by atoms with Crippen molar-refractivity contribution in [3.63, 3.8) is 0 Å². The molecule has 0 unspecified atom stereocenters. The van der Waals surface area contributed by atoms with Crippen LogP contribution in [0.15, 0.2) is 6.20 Å². The summed E-state index contributed by atoms with van der Waals surface area (Å²) in [7, 11) is 1.67. The molecule has 0 aromatic carbocycles. The third-order valence-corrected chi connectivity index (χ3v) is 1.62. The van der Waals surface area contributed by atoms with Gasteiger partial charge >= 0.3 is 5.97 Å². The van der Waals surface area contributed by atoms with Crippen molar-refractivity contribution in [1.82, 2.24) is 9.97 Å². The van der Waals surface area contributed by atoms with Crippen LogP contribution < -0.4 is 5.32 Å². The Balaban J connectivity index is 2.87. The highest BCUT2D eigenvalue weighted by atomic mass is 17.2. The first-order valence-electron chi connectivity index (χ1n) is 4.54. The van der Waals surface area contributed by atoms with Gasteiger partial charge in [0.2, 0.25) is 0 Å². The lowest BCUT2D eigenvalue weighted by atomic mass is 10.3. The molecule has 82 valence electrons. The van der Waals surface area contributed by atoms with Gasteiger partial charge in [-0.15, -0.1) is 0 Å². The van der Waals surface area contributed by atoms with Crippen molar-refractivity contribution in [2.24, 2.45) is 0 Å². The Hall–Kier alpha value is -1.69. The molecule has 1 N–H and O–H groups in total. The lowest BCUT2D eigenvalue weighted by Crippen LogP contribution is -2.11. The fourth-order valence-corrected chi connectivity index (χ4v) is 0.967. The molecule has 1 aromatic rings. The Morgan fingerprint density at radius 2 is 2.33 bits per heavy atom. The number of aryl methyl sites for hydroxylation is 1. The van der Waals surface area contributed by atoms with Crippen molar-refractivity contribution >= 4 is 11.8 Å². The molecule has 6 nitrogen and oxygen atoms in total. The van der Waals surface area contributed by atoms with E-state index in [-0.39, 0.29) is 5.56 Å². The van der Waals surface area contributed by atoms with Gasteiger partial charge in [-0.3, -0.25) is 4.89 Å². The summed E-state index contributed by atoms with van der Waals surface area (Å²) >= 11 is 0. The van der Waals surface area contributed by atoms with Gasteiger partial charge in [0, 0.05) is 13.2 Å². The summed E-state index contributed by atoms with van der Waals surface area (Å²) in [6.45, 7) is 3.75. The highest BCUT2D eigenvalue weighted by Gasteiger charge is 2.15. The minimum atomic E-state index is -0.610. The Bertz CT molecular complexity index is 354. The molecule has 0 aliphatic carbocycles. The van der Waals surface area contributed by atoms with Gasteiger partial charge in [0.15, 0.2) is 0 Å². The zero-order valence-electron chi connectivity index (χ0n) is 8.90. The van der Waals surface area contributed by atoms with E-state index in [0.29, 0.717) is 18.2 Å². The number of nitrogens with zero attached hydrogens (tertiary/aromatic N) is 2. The third-order valence-electron chi connectivity index (χ3n) is 1.62. The van der Waals surface area contributed by atoms with Crippen molar-refractivity contribution in [2.45, 2.75) is 13.8 Å². The molecule has 0 fully saturated rings. The molecule has 0 saturated carbocycles. The van der Waals surface area contributed by atoms with E-state index in [1.165, 1.54) is 6.20 Å². The summed E-state index contributed by atoms with van der Waals surface area (Å²) in [5, 5.41) is 2.79. The molecule has 1 heterocycles. The second-order valence-corrected chi connectivity index (χ2v) is 2.71. The number of nitrogens with one attached hydrogen (secondary N) is 1. The quantitative estimate of drug-likeness (QED) is 0.590. The van der Waals surface area contributed by atoms with Crippen LogP contribution in [0.25, 0.3) is 0 Å². The van der Waals surface area contributed by atoms with Gasteiger partial charge in [0.1, 0.15) is 17.2 Å². The standard InChI is InChI=1S/C9H13N3O3/c1-4-14-15-9(13)7-5-11-6(2)12-8(7)10-3/h5H,4H2,1-3H3,(H,10,11,12). The Morgan fingerprint density at radius 3 is 2.93 bits per heavy atom. The van der Waals surface area contributed by atoms with Crippen LogP contribution in [0.3, 0.4) is 0 Å². The number of aromatic nitrogens is 2. The second-order valence-electron chi connectivity index (χ2n) is 2.71. The summed E-state index contributed by atoms with van der Waals surface area (Å²) in [5.74, 6) is 0.390.